The smallest absolute Gasteiger partial charge is 0.246 e. The molecule has 24 heavy (non-hydrogen) atoms. The zero-order valence-corrected chi connectivity index (χ0v) is 13.3. The molecule has 0 bridgehead atoms. The topological polar surface area (TPSA) is 93.9 Å². The Labute approximate surface area is 138 Å². The molecule has 0 unspecified atom stereocenters. The first-order valence-electron chi connectivity index (χ1n) is 7.08. The average molecular weight is 342 g/mol. The van der Waals surface area contributed by atoms with E-state index in [4.69, 9.17) is 0 Å². The highest BCUT2D eigenvalue weighted by molar-refractivity contribution is 7.91. The third-order valence-corrected chi connectivity index (χ3v) is 5.06. The van der Waals surface area contributed by atoms with Crippen LogP contribution in [0.5, 0.6) is 0 Å². The van der Waals surface area contributed by atoms with Crippen molar-refractivity contribution in [3.8, 4) is 0 Å². The number of sulfone groups is 1. The van der Waals surface area contributed by atoms with Crippen molar-refractivity contribution in [3.05, 3.63) is 67.3 Å². The molecule has 0 saturated heterocycles. The van der Waals surface area contributed by atoms with E-state index in [0.29, 0.717) is 5.69 Å². The minimum atomic E-state index is -3.56. The van der Waals surface area contributed by atoms with Gasteiger partial charge >= 0.3 is 0 Å². The van der Waals surface area contributed by atoms with Crippen molar-refractivity contribution < 1.29 is 13.2 Å². The van der Waals surface area contributed by atoms with Crippen LogP contribution in [0, 0.1) is 0 Å². The third-order valence-electron chi connectivity index (χ3n) is 3.27. The van der Waals surface area contributed by atoms with Crippen LogP contribution in [-0.2, 0) is 21.2 Å². The zero-order chi connectivity index (χ0) is 17.0. The molecule has 3 aromatic rings. The van der Waals surface area contributed by atoms with Gasteiger partial charge in [0.05, 0.1) is 9.79 Å². The van der Waals surface area contributed by atoms with Crippen LogP contribution in [0.15, 0.2) is 77.0 Å². The van der Waals surface area contributed by atoms with Crippen LogP contribution in [-0.4, -0.2) is 29.1 Å². The van der Waals surface area contributed by atoms with E-state index in [1.165, 1.54) is 29.5 Å². The Hall–Kier alpha value is -3.00. The number of amides is 1. The molecule has 8 heteroatoms. The van der Waals surface area contributed by atoms with Crippen molar-refractivity contribution >= 4 is 21.4 Å². The van der Waals surface area contributed by atoms with Gasteiger partial charge in [0.25, 0.3) is 0 Å². The maximum Gasteiger partial charge on any atom is 0.246 e. The van der Waals surface area contributed by atoms with E-state index in [0.717, 1.165) is 0 Å². The number of anilines is 1. The lowest BCUT2D eigenvalue weighted by molar-refractivity contribution is -0.116. The van der Waals surface area contributed by atoms with Gasteiger partial charge in [0, 0.05) is 5.69 Å². The highest BCUT2D eigenvalue weighted by Gasteiger charge is 2.17. The van der Waals surface area contributed by atoms with Gasteiger partial charge in [0.1, 0.15) is 19.2 Å². The van der Waals surface area contributed by atoms with Crippen molar-refractivity contribution in [2.75, 3.05) is 5.32 Å². The summed E-state index contributed by atoms with van der Waals surface area (Å²) in [6.45, 7) is 0.0318. The van der Waals surface area contributed by atoms with Crippen LogP contribution in [0.2, 0.25) is 0 Å². The Bertz CT molecular complexity index is 921. The zero-order valence-electron chi connectivity index (χ0n) is 12.5. The number of nitrogens with one attached hydrogen (secondary N) is 1. The summed E-state index contributed by atoms with van der Waals surface area (Å²) in [4.78, 5) is 16.0. The van der Waals surface area contributed by atoms with Gasteiger partial charge in [-0.05, 0) is 36.4 Å². The summed E-state index contributed by atoms with van der Waals surface area (Å²) >= 11 is 0. The van der Waals surface area contributed by atoms with E-state index >= 15 is 0 Å². The summed E-state index contributed by atoms with van der Waals surface area (Å²) in [7, 11) is -3.56. The average Bonchev–Trinajstić information content (AvgIpc) is 3.09. The molecule has 1 heterocycles. The van der Waals surface area contributed by atoms with Crippen molar-refractivity contribution in [2.45, 2.75) is 16.3 Å². The summed E-state index contributed by atoms with van der Waals surface area (Å²) in [6.07, 6.45) is 2.78. The molecule has 1 aromatic heterocycles. The van der Waals surface area contributed by atoms with Gasteiger partial charge in [-0.15, -0.1) is 0 Å². The standard InChI is InChI=1S/C16H14N4O3S/c21-16(10-20-12-17-11-18-20)19-13-6-8-15(9-7-13)24(22,23)14-4-2-1-3-5-14/h1-9,11-12H,10H2,(H,19,21). The first-order valence-corrected chi connectivity index (χ1v) is 8.56. The molecule has 7 nitrogen and oxygen atoms in total. The van der Waals surface area contributed by atoms with Crippen LogP contribution in [0.3, 0.4) is 0 Å². The Morgan fingerprint density at radius 2 is 1.67 bits per heavy atom. The number of hydrogen-bond donors (Lipinski definition) is 1. The molecule has 2 aromatic carbocycles. The van der Waals surface area contributed by atoms with Crippen molar-refractivity contribution in [1.29, 1.82) is 0 Å². The van der Waals surface area contributed by atoms with Crippen LogP contribution in [0.25, 0.3) is 0 Å². The molecule has 0 saturated carbocycles. The molecule has 3 rings (SSSR count). The predicted octanol–water partition coefficient (Wildman–Crippen LogP) is 1.75. The normalized spacial score (nSPS) is 11.2. The Balaban J connectivity index is 1.73. The van der Waals surface area contributed by atoms with Gasteiger partial charge in [-0.2, -0.15) is 5.10 Å². The van der Waals surface area contributed by atoms with Crippen LogP contribution < -0.4 is 5.32 Å². The maximum absolute atomic E-state index is 12.5. The molecule has 1 amide bonds. The van der Waals surface area contributed by atoms with Crippen molar-refractivity contribution in [2.24, 2.45) is 0 Å². The molecule has 0 spiro atoms. The number of carbonyl (C=O) groups is 1. The second-order valence-corrected chi connectivity index (χ2v) is 6.93. The Morgan fingerprint density at radius 3 is 2.29 bits per heavy atom. The largest absolute Gasteiger partial charge is 0.324 e. The minimum absolute atomic E-state index is 0.0318. The number of nitrogens with zero attached hydrogens (tertiary/aromatic N) is 3. The predicted molar refractivity (Wildman–Crippen MR) is 87.0 cm³/mol. The summed E-state index contributed by atoms with van der Waals surface area (Å²) < 4.78 is 26.3. The van der Waals surface area contributed by atoms with Gasteiger partial charge in [-0.3, -0.25) is 4.79 Å². The van der Waals surface area contributed by atoms with Gasteiger partial charge in [0.15, 0.2) is 0 Å². The molecule has 0 fully saturated rings. The van der Waals surface area contributed by atoms with E-state index in [1.54, 1.807) is 42.5 Å². The van der Waals surface area contributed by atoms with Gasteiger partial charge in [-0.25, -0.2) is 18.1 Å². The summed E-state index contributed by atoms with van der Waals surface area (Å²) in [5, 5.41) is 6.52. The number of rotatable bonds is 5. The molecular formula is C16H14N4O3S. The number of aromatic nitrogens is 3. The monoisotopic (exact) mass is 342 g/mol. The highest BCUT2D eigenvalue weighted by Crippen LogP contribution is 2.22. The SMILES string of the molecule is O=C(Cn1cncn1)Nc1ccc(S(=O)(=O)c2ccccc2)cc1. The van der Waals surface area contributed by atoms with Crippen LogP contribution in [0.4, 0.5) is 5.69 Å². The number of hydrogen-bond acceptors (Lipinski definition) is 5. The molecular weight excluding hydrogens is 328 g/mol. The fourth-order valence-corrected chi connectivity index (χ4v) is 3.40. The molecule has 0 aliphatic heterocycles. The Morgan fingerprint density at radius 1 is 1.00 bits per heavy atom. The third kappa shape index (κ3) is 3.49. The first-order chi connectivity index (χ1) is 11.6. The van der Waals surface area contributed by atoms with E-state index in [2.05, 4.69) is 15.4 Å². The van der Waals surface area contributed by atoms with E-state index in [-0.39, 0.29) is 22.2 Å². The van der Waals surface area contributed by atoms with E-state index in [9.17, 15) is 13.2 Å². The Kier molecular flexibility index (Phi) is 4.39. The minimum Gasteiger partial charge on any atom is -0.324 e. The quantitative estimate of drug-likeness (QED) is 0.762. The number of benzene rings is 2. The van der Waals surface area contributed by atoms with Crippen LogP contribution >= 0.6 is 0 Å². The van der Waals surface area contributed by atoms with Gasteiger partial charge in [0.2, 0.25) is 15.7 Å². The lowest BCUT2D eigenvalue weighted by atomic mass is 10.3. The van der Waals surface area contributed by atoms with Crippen LogP contribution in [0.1, 0.15) is 0 Å². The molecule has 0 aliphatic carbocycles. The second-order valence-electron chi connectivity index (χ2n) is 4.98. The van der Waals surface area contributed by atoms with E-state index in [1.807, 2.05) is 0 Å². The van der Waals surface area contributed by atoms with E-state index < -0.39 is 9.84 Å². The molecule has 0 aliphatic rings. The maximum atomic E-state index is 12.5. The lowest BCUT2D eigenvalue weighted by Crippen LogP contribution is -2.19. The van der Waals surface area contributed by atoms with Gasteiger partial charge < -0.3 is 5.32 Å². The lowest BCUT2D eigenvalue weighted by Gasteiger charge is -2.07. The summed E-state index contributed by atoms with van der Waals surface area (Å²) in [5.74, 6) is -0.279. The fourth-order valence-electron chi connectivity index (χ4n) is 2.12. The van der Waals surface area contributed by atoms with Crippen molar-refractivity contribution in [3.63, 3.8) is 0 Å². The van der Waals surface area contributed by atoms with Gasteiger partial charge in [-0.1, -0.05) is 18.2 Å². The highest BCUT2D eigenvalue weighted by atomic mass is 32.2. The summed E-state index contributed by atoms with van der Waals surface area (Å²) in [5.41, 5.74) is 0.507. The molecule has 0 radical (unpaired) electrons. The molecule has 0 atom stereocenters. The molecule has 122 valence electrons. The first kappa shape index (κ1) is 15.9. The summed E-state index contributed by atoms with van der Waals surface area (Å²) in [6, 6.07) is 14.2. The second kappa shape index (κ2) is 6.63. The van der Waals surface area contributed by atoms with Crippen molar-refractivity contribution in [1.82, 2.24) is 14.8 Å². The number of carbonyl (C=O) groups excluding carboxylic acids is 1. The fraction of sp³-hybridized carbons (Fsp3) is 0.0625. The molecule has 1 N–H and O–H groups in total.